The van der Waals surface area contributed by atoms with Crippen LogP contribution in [0.2, 0.25) is 0 Å². The van der Waals surface area contributed by atoms with Crippen molar-refractivity contribution < 1.29 is 24.2 Å². The van der Waals surface area contributed by atoms with Crippen molar-refractivity contribution in [2.75, 3.05) is 18.9 Å². The molecule has 0 aliphatic carbocycles. The summed E-state index contributed by atoms with van der Waals surface area (Å²) < 4.78 is 11.3. The molecule has 8 heteroatoms. The van der Waals surface area contributed by atoms with Crippen LogP contribution in [0.1, 0.15) is 27.1 Å². The maximum atomic E-state index is 12.4. The van der Waals surface area contributed by atoms with Crippen LogP contribution in [0, 0.1) is 0 Å². The molecule has 2 atom stereocenters. The summed E-state index contributed by atoms with van der Waals surface area (Å²) in [7, 11) is 0. The number of carbonyl (C=O) groups excluding carboxylic acids is 1. The summed E-state index contributed by atoms with van der Waals surface area (Å²) in [6.45, 7) is 0.842. The van der Waals surface area contributed by atoms with Crippen LogP contribution in [0.25, 0.3) is 0 Å². The topological polar surface area (TPSA) is 124 Å². The Labute approximate surface area is 149 Å². The van der Waals surface area contributed by atoms with E-state index >= 15 is 0 Å². The Balaban J connectivity index is 1.66. The van der Waals surface area contributed by atoms with Gasteiger partial charge < -0.3 is 25.6 Å². The molecule has 0 unspecified atom stereocenters. The third-order valence-corrected chi connectivity index (χ3v) is 4.06. The molecule has 1 amide bonds. The molecule has 8 nitrogen and oxygen atoms in total. The summed E-state index contributed by atoms with van der Waals surface area (Å²) in [6, 6.07) is 9.04. The van der Waals surface area contributed by atoms with Crippen molar-refractivity contribution in [1.82, 2.24) is 10.3 Å². The van der Waals surface area contributed by atoms with Gasteiger partial charge in [0.2, 0.25) is 0 Å². The van der Waals surface area contributed by atoms with Crippen LogP contribution in [-0.4, -0.2) is 47.3 Å². The molecule has 1 aliphatic heterocycles. The van der Waals surface area contributed by atoms with Gasteiger partial charge in [-0.15, -0.1) is 0 Å². The lowest BCUT2D eigenvalue weighted by Gasteiger charge is -2.32. The van der Waals surface area contributed by atoms with Crippen molar-refractivity contribution in [3.63, 3.8) is 0 Å². The number of nitrogens with two attached hydrogens (primary N) is 1. The van der Waals surface area contributed by atoms with E-state index in [2.05, 4.69) is 10.3 Å². The van der Waals surface area contributed by atoms with E-state index in [9.17, 15) is 9.59 Å². The SMILES string of the molecule is Nc1ccc(C(=O)N[C@@H]2CCOC[C@H]2Oc2ccc(C(=O)O)cc2)cn1. The number of rotatable bonds is 5. The van der Waals surface area contributed by atoms with Gasteiger partial charge >= 0.3 is 5.97 Å². The van der Waals surface area contributed by atoms with E-state index in [0.29, 0.717) is 36.8 Å². The lowest BCUT2D eigenvalue weighted by molar-refractivity contribution is -0.0135. The van der Waals surface area contributed by atoms with E-state index in [0.717, 1.165) is 0 Å². The lowest BCUT2D eigenvalue weighted by Crippen LogP contribution is -2.51. The number of carbonyl (C=O) groups is 2. The van der Waals surface area contributed by atoms with Crippen molar-refractivity contribution in [3.8, 4) is 5.75 Å². The quantitative estimate of drug-likeness (QED) is 0.737. The number of anilines is 1. The third kappa shape index (κ3) is 4.28. The van der Waals surface area contributed by atoms with Gasteiger partial charge in [0.15, 0.2) is 0 Å². The third-order valence-electron chi connectivity index (χ3n) is 4.06. The van der Waals surface area contributed by atoms with E-state index < -0.39 is 5.97 Å². The van der Waals surface area contributed by atoms with Gasteiger partial charge in [0.1, 0.15) is 17.7 Å². The Kier molecular flexibility index (Phi) is 5.33. The van der Waals surface area contributed by atoms with Crippen LogP contribution in [0.5, 0.6) is 5.75 Å². The highest BCUT2D eigenvalue weighted by Crippen LogP contribution is 2.19. The molecule has 0 bridgehead atoms. The number of pyridine rings is 1. The molecule has 1 aliphatic rings. The molecule has 0 saturated carbocycles. The maximum absolute atomic E-state index is 12.4. The maximum Gasteiger partial charge on any atom is 0.335 e. The average Bonchev–Trinajstić information content (AvgIpc) is 2.64. The summed E-state index contributed by atoms with van der Waals surface area (Å²) in [5, 5.41) is 11.9. The fourth-order valence-corrected chi connectivity index (χ4v) is 2.64. The van der Waals surface area contributed by atoms with Crippen LogP contribution < -0.4 is 15.8 Å². The van der Waals surface area contributed by atoms with Gasteiger partial charge in [-0.2, -0.15) is 0 Å². The Bertz CT molecular complexity index is 776. The van der Waals surface area contributed by atoms with Crippen molar-refractivity contribution in [1.29, 1.82) is 0 Å². The van der Waals surface area contributed by atoms with Gasteiger partial charge in [-0.05, 0) is 42.8 Å². The number of hydrogen-bond donors (Lipinski definition) is 3. The minimum absolute atomic E-state index is 0.179. The van der Waals surface area contributed by atoms with E-state index in [-0.39, 0.29) is 23.6 Å². The lowest BCUT2D eigenvalue weighted by atomic mass is 10.1. The van der Waals surface area contributed by atoms with Crippen molar-refractivity contribution >= 4 is 17.7 Å². The first-order valence-corrected chi connectivity index (χ1v) is 8.13. The number of carboxylic acids is 1. The van der Waals surface area contributed by atoms with E-state index in [1.54, 1.807) is 24.3 Å². The second kappa shape index (κ2) is 7.83. The highest BCUT2D eigenvalue weighted by Gasteiger charge is 2.29. The van der Waals surface area contributed by atoms with Gasteiger partial charge in [-0.3, -0.25) is 4.79 Å². The number of hydrogen-bond acceptors (Lipinski definition) is 6. The van der Waals surface area contributed by atoms with Crippen LogP contribution in [0.3, 0.4) is 0 Å². The van der Waals surface area contributed by atoms with Gasteiger partial charge in [0.05, 0.1) is 23.8 Å². The Hall–Kier alpha value is -3.13. The summed E-state index contributed by atoms with van der Waals surface area (Å²) in [6.07, 6.45) is 1.64. The highest BCUT2D eigenvalue weighted by molar-refractivity contribution is 5.94. The standard InChI is InChI=1S/C18H19N3O5/c19-16-6-3-12(9-20-16)17(22)21-14-7-8-25-10-15(14)26-13-4-1-11(2-5-13)18(23)24/h1-6,9,14-15H,7-8,10H2,(H2,19,20)(H,21,22)(H,23,24)/t14-,15-/m1/s1. The summed E-state index contributed by atoms with van der Waals surface area (Å²) >= 11 is 0. The first-order chi connectivity index (χ1) is 12.5. The van der Waals surface area contributed by atoms with Gasteiger partial charge in [0.25, 0.3) is 5.91 Å². The summed E-state index contributed by atoms with van der Waals surface area (Å²) in [5.74, 6) is -0.406. The second-order valence-electron chi connectivity index (χ2n) is 5.90. The zero-order chi connectivity index (χ0) is 18.5. The molecule has 1 aromatic heterocycles. The van der Waals surface area contributed by atoms with Gasteiger partial charge in [-0.1, -0.05) is 0 Å². The number of nitrogens with zero attached hydrogens (tertiary/aromatic N) is 1. The van der Waals surface area contributed by atoms with Crippen molar-refractivity contribution in [2.24, 2.45) is 0 Å². The minimum Gasteiger partial charge on any atom is -0.486 e. The first kappa shape index (κ1) is 17.7. The minimum atomic E-state index is -1.00. The Morgan fingerprint density at radius 1 is 1.19 bits per heavy atom. The van der Waals surface area contributed by atoms with Crippen LogP contribution in [0.4, 0.5) is 5.82 Å². The molecular weight excluding hydrogens is 338 g/mol. The molecule has 2 heterocycles. The predicted octanol–water partition coefficient (Wildman–Crippen LogP) is 1.33. The summed E-state index contributed by atoms with van der Waals surface area (Å²) in [5.41, 5.74) is 6.12. The molecule has 1 fully saturated rings. The van der Waals surface area contributed by atoms with Crippen molar-refractivity contribution in [3.05, 3.63) is 53.7 Å². The summed E-state index contributed by atoms with van der Waals surface area (Å²) in [4.78, 5) is 27.2. The first-order valence-electron chi connectivity index (χ1n) is 8.13. The highest BCUT2D eigenvalue weighted by atomic mass is 16.5. The number of aromatic nitrogens is 1. The number of nitrogen functional groups attached to an aromatic ring is 1. The van der Waals surface area contributed by atoms with E-state index in [1.807, 2.05) is 0 Å². The zero-order valence-electron chi connectivity index (χ0n) is 13.9. The smallest absolute Gasteiger partial charge is 0.335 e. The molecule has 26 heavy (non-hydrogen) atoms. The van der Waals surface area contributed by atoms with Gasteiger partial charge in [0, 0.05) is 12.8 Å². The fraction of sp³-hybridized carbons (Fsp3) is 0.278. The number of carboxylic acid groups (broad SMARTS) is 1. The number of ether oxygens (including phenoxy) is 2. The molecule has 4 N–H and O–H groups in total. The average molecular weight is 357 g/mol. The molecule has 3 rings (SSSR count). The number of amides is 1. The molecule has 1 saturated heterocycles. The molecule has 2 aromatic rings. The van der Waals surface area contributed by atoms with Crippen LogP contribution in [-0.2, 0) is 4.74 Å². The number of nitrogens with one attached hydrogen (secondary N) is 1. The second-order valence-corrected chi connectivity index (χ2v) is 5.90. The number of aromatic carboxylic acids is 1. The predicted molar refractivity (Wildman–Crippen MR) is 93.2 cm³/mol. The van der Waals surface area contributed by atoms with Crippen LogP contribution in [0.15, 0.2) is 42.6 Å². The molecule has 0 radical (unpaired) electrons. The Morgan fingerprint density at radius 3 is 2.58 bits per heavy atom. The van der Waals surface area contributed by atoms with Crippen molar-refractivity contribution in [2.45, 2.75) is 18.6 Å². The Morgan fingerprint density at radius 2 is 1.92 bits per heavy atom. The van der Waals surface area contributed by atoms with Crippen LogP contribution >= 0.6 is 0 Å². The zero-order valence-corrected chi connectivity index (χ0v) is 13.9. The molecule has 1 aromatic carbocycles. The molecular formula is C18H19N3O5. The normalized spacial score (nSPS) is 19.5. The number of benzene rings is 1. The van der Waals surface area contributed by atoms with E-state index in [1.165, 1.54) is 18.3 Å². The molecule has 136 valence electrons. The largest absolute Gasteiger partial charge is 0.486 e. The van der Waals surface area contributed by atoms with E-state index in [4.69, 9.17) is 20.3 Å². The molecule has 0 spiro atoms. The van der Waals surface area contributed by atoms with Gasteiger partial charge in [-0.25, -0.2) is 9.78 Å². The monoisotopic (exact) mass is 357 g/mol. The fourth-order valence-electron chi connectivity index (χ4n) is 2.64.